The fourth-order valence-electron chi connectivity index (χ4n) is 3.43. The van der Waals surface area contributed by atoms with Crippen LogP contribution < -0.4 is 25.8 Å². The highest BCUT2D eigenvalue weighted by molar-refractivity contribution is 6.32. The molecule has 0 aliphatic heterocycles. The Hall–Kier alpha value is -4.57. The van der Waals surface area contributed by atoms with Gasteiger partial charge >= 0.3 is 6.03 Å². The minimum atomic E-state index is -0.671. The second kappa shape index (κ2) is 10.8. The Morgan fingerprint density at radius 1 is 0.974 bits per heavy atom. The summed E-state index contributed by atoms with van der Waals surface area (Å²) in [6, 6.07) is 16.5. The van der Waals surface area contributed by atoms with Crippen molar-refractivity contribution in [1.82, 2.24) is 14.8 Å². The molecule has 4 aromatic rings. The van der Waals surface area contributed by atoms with E-state index in [1.54, 1.807) is 36.1 Å². The quantitative estimate of drug-likeness (QED) is 0.276. The molecule has 0 fully saturated rings. The van der Waals surface area contributed by atoms with Crippen LogP contribution in [-0.2, 0) is 5.41 Å². The number of carbonyl (C=O) groups is 2. The molecule has 38 heavy (non-hydrogen) atoms. The van der Waals surface area contributed by atoms with E-state index in [1.807, 2.05) is 51.1 Å². The third kappa shape index (κ3) is 6.22. The van der Waals surface area contributed by atoms with Gasteiger partial charge in [-0.2, -0.15) is 5.10 Å². The van der Waals surface area contributed by atoms with Gasteiger partial charge in [0.1, 0.15) is 28.8 Å². The first-order chi connectivity index (χ1) is 18.0. The minimum Gasteiger partial charge on any atom is -0.497 e. The van der Waals surface area contributed by atoms with Crippen LogP contribution in [0.15, 0.2) is 66.9 Å². The first-order valence-electron chi connectivity index (χ1n) is 11.6. The monoisotopic (exact) mass is 534 g/mol. The Kier molecular flexibility index (Phi) is 7.54. The number of ether oxygens (including phenoxy) is 2. The van der Waals surface area contributed by atoms with Crippen LogP contribution >= 0.6 is 11.6 Å². The molecular formula is C27H27ClN6O4. The third-order valence-corrected chi connectivity index (χ3v) is 5.73. The summed E-state index contributed by atoms with van der Waals surface area (Å²) in [5.41, 5.74) is 7.11. The molecule has 11 heteroatoms. The smallest absolute Gasteiger partial charge is 0.324 e. The lowest BCUT2D eigenvalue weighted by Crippen LogP contribution is -2.21. The molecular weight excluding hydrogens is 508 g/mol. The number of carbonyl (C=O) groups excluding carboxylic acids is 2. The highest BCUT2D eigenvalue weighted by Gasteiger charge is 2.22. The predicted molar refractivity (Wildman–Crippen MR) is 146 cm³/mol. The summed E-state index contributed by atoms with van der Waals surface area (Å²) >= 11 is 6.38. The molecule has 0 spiro atoms. The molecule has 4 N–H and O–H groups in total. The summed E-state index contributed by atoms with van der Waals surface area (Å²) in [7, 11) is 1.60. The van der Waals surface area contributed by atoms with Gasteiger partial charge < -0.3 is 20.5 Å². The Labute approximate surface area is 224 Å². The molecule has 2 aromatic heterocycles. The minimum absolute atomic E-state index is 0.0667. The average molecular weight is 535 g/mol. The topological polar surface area (TPSA) is 133 Å². The van der Waals surface area contributed by atoms with E-state index in [9.17, 15) is 9.59 Å². The number of hydrogen-bond acceptors (Lipinski definition) is 6. The molecule has 0 unspecified atom stereocenters. The van der Waals surface area contributed by atoms with E-state index in [-0.39, 0.29) is 16.1 Å². The highest BCUT2D eigenvalue weighted by Crippen LogP contribution is 2.32. The summed E-state index contributed by atoms with van der Waals surface area (Å²) in [4.78, 5) is 28.1. The molecule has 2 aromatic carbocycles. The maximum atomic E-state index is 12.9. The lowest BCUT2D eigenvalue weighted by Gasteiger charge is -2.14. The number of rotatable bonds is 7. The Balaban J connectivity index is 1.51. The summed E-state index contributed by atoms with van der Waals surface area (Å²) < 4.78 is 12.6. The van der Waals surface area contributed by atoms with Crippen molar-refractivity contribution in [3.05, 3.63) is 83.3 Å². The number of aromatic nitrogens is 3. The number of hydrogen-bond donors (Lipinski definition) is 3. The SMILES string of the molecule is COc1ccc(-n2nc(C(C)(C)C)cc2NC(=O)Nc2ccc(Oc3ccnc(C(N)=O)c3)c(Cl)c2)cc1. The van der Waals surface area contributed by atoms with Crippen molar-refractivity contribution in [3.8, 4) is 22.9 Å². The molecule has 0 aliphatic carbocycles. The van der Waals surface area contributed by atoms with Crippen LogP contribution in [0.4, 0.5) is 16.3 Å². The van der Waals surface area contributed by atoms with E-state index in [2.05, 4.69) is 15.6 Å². The number of nitrogens with two attached hydrogens (primary N) is 1. The maximum Gasteiger partial charge on any atom is 0.324 e. The standard InChI is InChI=1S/C27H27ClN6O4/c1-27(2,3)23-15-24(34(33-23)17-6-8-18(37-4)9-7-17)32-26(36)31-16-5-10-22(20(28)13-16)38-19-11-12-30-21(14-19)25(29)35/h5-15H,1-4H3,(H2,29,35)(H2,31,32,36). The first kappa shape index (κ1) is 26.5. The summed E-state index contributed by atoms with van der Waals surface area (Å²) in [5.74, 6) is 1.20. The molecule has 10 nitrogen and oxygen atoms in total. The van der Waals surface area contributed by atoms with Gasteiger partial charge in [0, 0.05) is 29.4 Å². The number of halogens is 1. The maximum absolute atomic E-state index is 12.9. The van der Waals surface area contributed by atoms with E-state index < -0.39 is 11.9 Å². The predicted octanol–water partition coefficient (Wildman–Crippen LogP) is 5.76. The average Bonchev–Trinajstić information content (AvgIpc) is 3.30. The van der Waals surface area contributed by atoms with Crippen LogP contribution in [0.5, 0.6) is 17.2 Å². The molecule has 0 radical (unpaired) electrons. The first-order valence-corrected chi connectivity index (χ1v) is 12.0. The molecule has 3 amide bonds. The zero-order chi connectivity index (χ0) is 27.4. The highest BCUT2D eigenvalue weighted by atomic mass is 35.5. The second-order valence-electron chi connectivity index (χ2n) is 9.34. The van der Waals surface area contributed by atoms with Crippen molar-refractivity contribution in [2.75, 3.05) is 17.7 Å². The number of benzene rings is 2. The van der Waals surface area contributed by atoms with Gasteiger partial charge in [-0.25, -0.2) is 9.48 Å². The zero-order valence-corrected chi connectivity index (χ0v) is 22.0. The molecule has 4 rings (SSSR count). The van der Waals surface area contributed by atoms with E-state index in [0.717, 1.165) is 11.4 Å². The summed E-state index contributed by atoms with van der Waals surface area (Å²) in [6.07, 6.45) is 1.41. The van der Waals surface area contributed by atoms with Crippen LogP contribution in [0.25, 0.3) is 5.69 Å². The van der Waals surface area contributed by atoms with Gasteiger partial charge in [-0.05, 0) is 48.5 Å². The van der Waals surface area contributed by atoms with E-state index in [1.165, 1.54) is 12.3 Å². The normalized spacial score (nSPS) is 11.1. The van der Waals surface area contributed by atoms with Crippen molar-refractivity contribution in [3.63, 3.8) is 0 Å². The number of nitrogens with one attached hydrogen (secondary N) is 2. The molecule has 0 aliphatic rings. The van der Waals surface area contributed by atoms with Crippen LogP contribution in [-0.4, -0.2) is 33.8 Å². The molecule has 0 saturated carbocycles. The number of urea groups is 1. The Morgan fingerprint density at radius 2 is 1.71 bits per heavy atom. The van der Waals surface area contributed by atoms with Gasteiger partial charge in [0.15, 0.2) is 0 Å². The number of methoxy groups -OCH3 is 1. The summed E-state index contributed by atoms with van der Waals surface area (Å²) in [6.45, 7) is 6.14. The van der Waals surface area contributed by atoms with Gasteiger partial charge in [0.25, 0.3) is 5.91 Å². The van der Waals surface area contributed by atoms with Crippen LogP contribution in [0.3, 0.4) is 0 Å². The Bertz CT molecular complexity index is 1480. The fraction of sp³-hybridized carbons (Fsp3) is 0.185. The fourth-order valence-corrected chi connectivity index (χ4v) is 3.65. The number of primary amides is 1. The van der Waals surface area contributed by atoms with Crippen LogP contribution in [0.1, 0.15) is 37.0 Å². The molecule has 196 valence electrons. The van der Waals surface area contributed by atoms with E-state index in [0.29, 0.717) is 28.8 Å². The van der Waals surface area contributed by atoms with Gasteiger partial charge in [0.2, 0.25) is 0 Å². The third-order valence-electron chi connectivity index (χ3n) is 5.44. The number of pyridine rings is 1. The van der Waals surface area contributed by atoms with E-state index in [4.69, 9.17) is 31.9 Å². The largest absolute Gasteiger partial charge is 0.497 e. The van der Waals surface area contributed by atoms with Crippen LogP contribution in [0, 0.1) is 0 Å². The van der Waals surface area contributed by atoms with Gasteiger partial charge in [-0.1, -0.05) is 32.4 Å². The summed E-state index contributed by atoms with van der Waals surface area (Å²) in [5, 5.41) is 10.6. The molecule has 0 bridgehead atoms. The molecule has 0 saturated heterocycles. The van der Waals surface area contributed by atoms with E-state index >= 15 is 0 Å². The van der Waals surface area contributed by atoms with Crippen molar-refractivity contribution in [2.24, 2.45) is 5.73 Å². The van der Waals surface area contributed by atoms with Gasteiger partial charge in [0.05, 0.1) is 23.5 Å². The van der Waals surface area contributed by atoms with Gasteiger partial charge in [-0.3, -0.25) is 15.1 Å². The van der Waals surface area contributed by atoms with Crippen molar-refractivity contribution < 1.29 is 19.1 Å². The van der Waals surface area contributed by atoms with Crippen molar-refractivity contribution in [1.29, 1.82) is 0 Å². The lowest BCUT2D eigenvalue weighted by atomic mass is 9.92. The number of nitrogens with zero attached hydrogens (tertiary/aromatic N) is 3. The number of amides is 3. The zero-order valence-electron chi connectivity index (χ0n) is 21.3. The lowest BCUT2D eigenvalue weighted by molar-refractivity contribution is 0.0995. The molecule has 0 atom stereocenters. The van der Waals surface area contributed by atoms with Crippen LogP contribution in [0.2, 0.25) is 5.02 Å². The Morgan fingerprint density at radius 3 is 2.34 bits per heavy atom. The van der Waals surface area contributed by atoms with Crippen molar-refractivity contribution in [2.45, 2.75) is 26.2 Å². The molecule has 2 heterocycles. The second-order valence-corrected chi connectivity index (χ2v) is 9.75. The number of anilines is 2. The van der Waals surface area contributed by atoms with Crippen molar-refractivity contribution >= 4 is 35.0 Å². The van der Waals surface area contributed by atoms with Gasteiger partial charge in [-0.15, -0.1) is 0 Å².